The van der Waals surface area contributed by atoms with E-state index in [1.54, 1.807) is 26.8 Å². The number of carbonyl (C=O) groups is 2. The van der Waals surface area contributed by atoms with E-state index >= 15 is 0 Å². The first-order chi connectivity index (χ1) is 11.6. The molecule has 0 atom stereocenters. The predicted octanol–water partition coefficient (Wildman–Crippen LogP) is 4.23. The SMILES string of the molecule is CO/C=C(/Oc1ccc(Cl)c(CBr)c1C(=O)OC(C)(C)C)C(=O)OC. The molecule has 8 heteroatoms. The molecule has 1 aromatic rings. The fourth-order valence-corrected chi connectivity index (χ4v) is 2.78. The normalized spacial score (nSPS) is 11.7. The molecular weight excluding hydrogens is 416 g/mol. The van der Waals surface area contributed by atoms with Crippen molar-refractivity contribution in [1.82, 2.24) is 0 Å². The molecule has 0 N–H and O–H groups in total. The first kappa shape index (κ1) is 21.3. The van der Waals surface area contributed by atoms with Crippen LogP contribution in [0.4, 0.5) is 0 Å². The van der Waals surface area contributed by atoms with Gasteiger partial charge in [0, 0.05) is 10.4 Å². The Kier molecular flexibility index (Phi) is 7.76. The number of benzene rings is 1. The predicted molar refractivity (Wildman–Crippen MR) is 97.0 cm³/mol. The number of hydrogen-bond acceptors (Lipinski definition) is 6. The van der Waals surface area contributed by atoms with Gasteiger partial charge in [0.2, 0.25) is 5.76 Å². The molecule has 0 spiro atoms. The minimum Gasteiger partial charge on any atom is -0.500 e. The van der Waals surface area contributed by atoms with Gasteiger partial charge in [0.05, 0.1) is 14.2 Å². The van der Waals surface area contributed by atoms with Crippen molar-refractivity contribution in [3.63, 3.8) is 0 Å². The summed E-state index contributed by atoms with van der Waals surface area (Å²) in [6, 6.07) is 3.03. The van der Waals surface area contributed by atoms with Gasteiger partial charge >= 0.3 is 11.9 Å². The first-order valence-electron chi connectivity index (χ1n) is 7.24. The number of ether oxygens (including phenoxy) is 4. The van der Waals surface area contributed by atoms with Crippen molar-refractivity contribution >= 4 is 39.5 Å². The van der Waals surface area contributed by atoms with E-state index in [9.17, 15) is 9.59 Å². The summed E-state index contributed by atoms with van der Waals surface area (Å²) in [5, 5.41) is 0.652. The third-order valence-electron chi connectivity index (χ3n) is 2.79. The van der Waals surface area contributed by atoms with Gasteiger partial charge in [0.15, 0.2) is 0 Å². The van der Waals surface area contributed by atoms with Crippen molar-refractivity contribution in [1.29, 1.82) is 0 Å². The summed E-state index contributed by atoms with van der Waals surface area (Å²) in [6.45, 7) is 5.23. The second-order valence-corrected chi connectivity index (χ2v) is 6.81. The zero-order chi connectivity index (χ0) is 19.2. The van der Waals surface area contributed by atoms with E-state index in [-0.39, 0.29) is 17.1 Å². The van der Waals surface area contributed by atoms with Crippen molar-refractivity contribution in [2.45, 2.75) is 31.7 Å². The van der Waals surface area contributed by atoms with E-state index in [4.69, 9.17) is 25.8 Å². The lowest BCUT2D eigenvalue weighted by molar-refractivity contribution is -0.138. The molecule has 0 saturated heterocycles. The van der Waals surface area contributed by atoms with E-state index in [0.717, 1.165) is 6.26 Å². The van der Waals surface area contributed by atoms with Crippen LogP contribution in [0, 0.1) is 0 Å². The van der Waals surface area contributed by atoms with Gasteiger partial charge in [-0.05, 0) is 38.5 Å². The zero-order valence-electron chi connectivity index (χ0n) is 14.6. The topological polar surface area (TPSA) is 71.1 Å². The van der Waals surface area contributed by atoms with E-state index in [0.29, 0.717) is 15.9 Å². The fraction of sp³-hybridized carbons (Fsp3) is 0.412. The van der Waals surface area contributed by atoms with Crippen LogP contribution in [0.2, 0.25) is 5.02 Å². The van der Waals surface area contributed by atoms with Crippen LogP contribution < -0.4 is 4.74 Å². The largest absolute Gasteiger partial charge is 0.500 e. The van der Waals surface area contributed by atoms with Crippen LogP contribution in [-0.2, 0) is 24.3 Å². The Labute approximate surface area is 160 Å². The van der Waals surface area contributed by atoms with Gasteiger partial charge in [-0.25, -0.2) is 9.59 Å². The smallest absolute Gasteiger partial charge is 0.377 e. The quantitative estimate of drug-likeness (QED) is 0.288. The van der Waals surface area contributed by atoms with Gasteiger partial charge in [-0.2, -0.15) is 0 Å². The summed E-state index contributed by atoms with van der Waals surface area (Å²) >= 11 is 9.48. The highest BCUT2D eigenvalue weighted by Gasteiger charge is 2.27. The van der Waals surface area contributed by atoms with Crippen LogP contribution in [0.15, 0.2) is 24.2 Å². The van der Waals surface area contributed by atoms with Gasteiger partial charge in [-0.3, -0.25) is 0 Å². The van der Waals surface area contributed by atoms with Crippen molar-refractivity contribution in [2.75, 3.05) is 14.2 Å². The van der Waals surface area contributed by atoms with Crippen LogP contribution in [0.5, 0.6) is 5.75 Å². The lowest BCUT2D eigenvalue weighted by Gasteiger charge is -2.22. The van der Waals surface area contributed by atoms with E-state index in [1.807, 2.05) is 0 Å². The summed E-state index contributed by atoms with van der Waals surface area (Å²) in [5.41, 5.74) is -0.117. The maximum atomic E-state index is 12.6. The molecule has 25 heavy (non-hydrogen) atoms. The van der Waals surface area contributed by atoms with Crippen molar-refractivity contribution in [3.8, 4) is 5.75 Å². The number of esters is 2. The number of halogens is 2. The van der Waals surface area contributed by atoms with Crippen molar-refractivity contribution in [2.24, 2.45) is 0 Å². The molecule has 0 fully saturated rings. The summed E-state index contributed by atoms with van der Waals surface area (Å²) in [6.07, 6.45) is 1.08. The second kappa shape index (κ2) is 9.10. The molecule has 1 aromatic carbocycles. The molecule has 0 saturated carbocycles. The van der Waals surface area contributed by atoms with Crippen LogP contribution in [0.1, 0.15) is 36.7 Å². The van der Waals surface area contributed by atoms with Crippen LogP contribution in [0.25, 0.3) is 0 Å². The van der Waals surface area contributed by atoms with E-state index in [2.05, 4.69) is 20.7 Å². The first-order valence-corrected chi connectivity index (χ1v) is 8.74. The van der Waals surface area contributed by atoms with Crippen LogP contribution in [0.3, 0.4) is 0 Å². The van der Waals surface area contributed by atoms with Gasteiger partial charge < -0.3 is 18.9 Å². The number of alkyl halides is 1. The third kappa shape index (κ3) is 5.93. The Morgan fingerprint density at radius 1 is 1.24 bits per heavy atom. The highest BCUT2D eigenvalue weighted by molar-refractivity contribution is 9.08. The lowest BCUT2D eigenvalue weighted by atomic mass is 10.1. The Bertz CT molecular complexity index is 678. The second-order valence-electron chi connectivity index (χ2n) is 5.85. The summed E-state index contributed by atoms with van der Waals surface area (Å²) < 4.78 is 20.4. The van der Waals surface area contributed by atoms with Crippen LogP contribution >= 0.6 is 27.5 Å². The molecule has 0 aliphatic heterocycles. The molecule has 0 heterocycles. The lowest BCUT2D eigenvalue weighted by Crippen LogP contribution is -2.25. The Hall–Kier alpha value is -1.73. The monoisotopic (exact) mass is 434 g/mol. The summed E-state index contributed by atoms with van der Waals surface area (Å²) in [7, 11) is 2.56. The number of hydrogen-bond donors (Lipinski definition) is 0. The Balaban J connectivity index is 3.42. The van der Waals surface area contributed by atoms with E-state index in [1.165, 1.54) is 20.3 Å². The Morgan fingerprint density at radius 2 is 1.88 bits per heavy atom. The van der Waals surface area contributed by atoms with E-state index < -0.39 is 17.5 Å². The molecule has 0 aliphatic carbocycles. The number of carbonyl (C=O) groups excluding carboxylic acids is 2. The maximum absolute atomic E-state index is 12.6. The standard InChI is InChI=1S/C17H20BrClO6/c1-17(2,3)25-16(21)14-10(8-18)11(19)6-7-12(14)24-13(9-22-4)15(20)23-5/h6-7,9H,8H2,1-5H3/b13-9+. The molecule has 138 valence electrons. The van der Waals surface area contributed by atoms with Crippen LogP contribution in [-0.4, -0.2) is 31.8 Å². The van der Waals surface area contributed by atoms with Crippen molar-refractivity contribution in [3.05, 3.63) is 40.3 Å². The zero-order valence-corrected chi connectivity index (χ0v) is 17.0. The highest BCUT2D eigenvalue weighted by Crippen LogP contribution is 2.33. The Morgan fingerprint density at radius 3 is 2.36 bits per heavy atom. The number of methoxy groups -OCH3 is 2. The molecule has 0 amide bonds. The third-order valence-corrected chi connectivity index (χ3v) is 3.70. The minimum absolute atomic E-state index is 0.0989. The molecule has 0 unspecified atom stereocenters. The maximum Gasteiger partial charge on any atom is 0.377 e. The molecule has 6 nitrogen and oxygen atoms in total. The van der Waals surface area contributed by atoms with Gasteiger partial charge in [-0.1, -0.05) is 27.5 Å². The molecule has 0 radical (unpaired) electrons. The fourth-order valence-electron chi connectivity index (χ4n) is 1.81. The highest BCUT2D eigenvalue weighted by atomic mass is 79.9. The van der Waals surface area contributed by atoms with Crippen molar-refractivity contribution < 1.29 is 28.5 Å². The minimum atomic E-state index is -0.757. The average Bonchev–Trinajstić information content (AvgIpc) is 2.52. The van der Waals surface area contributed by atoms with Gasteiger partial charge in [0.25, 0.3) is 0 Å². The summed E-state index contributed by atoms with van der Waals surface area (Å²) in [4.78, 5) is 24.4. The summed E-state index contributed by atoms with van der Waals surface area (Å²) in [5.74, 6) is -1.51. The molecular formula is C17H20BrClO6. The molecule has 0 bridgehead atoms. The molecule has 1 rings (SSSR count). The number of rotatable bonds is 6. The molecule has 0 aliphatic rings. The average molecular weight is 436 g/mol. The molecule has 0 aromatic heterocycles. The van der Waals surface area contributed by atoms with Gasteiger partial charge in [0.1, 0.15) is 23.2 Å². The van der Waals surface area contributed by atoms with Gasteiger partial charge in [-0.15, -0.1) is 0 Å².